The van der Waals surface area contributed by atoms with E-state index < -0.39 is 28.5 Å². The highest BCUT2D eigenvalue weighted by atomic mass is 35.5. The summed E-state index contributed by atoms with van der Waals surface area (Å²) in [4.78, 5) is 29.2. The number of benzene rings is 3. The van der Waals surface area contributed by atoms with Gasteiger partial charge in [0.05, 0.1) is 10.6 Å². The molecule has 224 valence electrons. The molecule has 0 radical (unpaired) electrons. The minimum atomic E-state index is -4.13. The average Bonchev–Trinajstić information content (AvgIpc) is 2.97. The SMILES string of the molecule is Cc1ccc(S(=O)(=O)N(CC(=O)N(Cc2ccccc2Cl)[C@@H](C)C(=O)NC2CCCCC2)c2cccc(C)c2C)cc1. The second-order valence-electron chi connectivity index (χ2n) is 11.2. The maximum atomic E-state index is 14.2. The summed E-state index contributed by atoms with van der Waals surface area (Å²) in [7, 11) is -4.13. The van der Waals surface area contributed by atoms with Crippen LogP contribution in [0.3, 0.4) is 0 Å². The molecule has 3 aromatic rings. The third kappa shape index (κ3) is 7.34. The number of hydrogen-bond acceptors (Lipinski definition) is 4. The van der Waals surface area contributed by atoms with Gasteiger partial charge in [0.1, 0.15) is 12.6 Å². The first-order valence-corrected chi connectivity index (χ1v) is 16.3. The predicted molar refractivity (Wildman–Crippen MR) is 168 cm³/mol. The van der Waals surface area contributed by atoms with Crippen molar-refractivity contribution in [2.75, 3.05) is 10.8 Å². The monoisotopic (exact) mass is 609 g/mol. The summed E-state index contributed by atoms with van der Waals surface area (Å²) >= 11 is 6.47. The molecule has 42 heavy (non-hydrogen) atoms. The van der Waals surface area contributed by atoms with Crippen LogP contribution in [-0.4, -0.2) is 43.8 Å². The average molecular weight is 610 g/mol. The van der Waals surface area contributed by atoms with Gasteiger partial charge in [-0.05, 0) is 81.5 Å². The van der Waals surface area contributed by atoms with Crippen molar-refractivity contribution in [3.63, 3.8) is 0 Å². The van der Waals surface area contributed by atoms with Gasteiger partial charge in [0, 0.05) is 17.6 Å². The van der Waals surface area contributed by atoms with Crippen LogP contribution in [0.25, 0.3) is 0 Å². The first-order chi connectivity index (χ1) is 20.0. The number of carbonyl (C=O) groups excluding carboxylic acids is 2. The highest BCUT2D eigenvalue weighted by Gasteiger charge is 2.34. The lowest BCUT2D eigenvalue weighted by molar-refractivity contribution is -0.139. The summed E-state index contributed by atoms with van der Waals surface area (Å²) in [6, 6.07) is 18.3. The number of rotatable bonds is 10. The van der Waals surface area contributed by atoms with Crippen LogP contribution < -0.4 is 9.62 Å². The van der Waals surface area contributed by atoms with E-state index in [-0.39, 0.29) is 23.4 Å². The molecule has 0 saturated heterocycles. The van der Waals surface area contributed by atoms with E-state index in [9.17, 15) is 18.0 Å². The van der Waals surface area contributed by atoms with E-state index in [1.165, 1.54) is 4.90 Å². The number of halogens is 1. The van der Waals surface area contributed by atoms with Crippen molar-refractivity contribution in [1.82, 2.24) is 10.2 Å². The van der Waals surface area contributed by atoms with Crippen molar-refractivity contribution in [3.8, 4) is 0 Å². The number of aryl methyl sites for hydroxylation is 2. The number of amides is 2. The minimum Gasteiger partial charge on any atom is -0.352 e. The molecule has 0 aromatic heterocycles. The molecular formula is C33H40ClN3O4S. The number of nitrogens with one attached hydrogen (secondary N) is 1. The zero-order valence-electron chi connectivity index (χ0n) is 24.8. The van der Waals surface area contributed by atoms with E-state index in [1.54, 1.807) is 61.5 Å². The van der Waals surface area contributed by atoms with Crippen molar-refractivity contribution < 1.29 is 18.0 Å². The van der Waals surface area contributed by atoms with E-state index in [2.05, 4.69) is 5.32 Å². The quantitative estimate of drug-likeness (QED) is 0.291. The fourth-order valence-corrected chi connectivity index (χ4v) is 6.99. The first-order valence-electron chi connectivity index (χ1n) is 14.5. The van der Waals surface area contributed by atoms with Gasteiger partial charge in [-0.25, -0.2) is 8.42 Å². The lowest BCUT2D eigenvalue weighted by Gasteiger charge is -2.34. The Morgan fingerprint density at radius 1 is 0.929 bits per heavy atom. The number of hydrogen-bond donors (Lipinski definition) is 1. The van der Waals surface area contributed by atoms with Gasteiger partial charge in [-0.1, -0.05) is 78.9 Å². The smallest absolute Gasteiger partial charge is 0.264 e. The summed E-state index contributed by atoms with van der Waals surface area (Å²) in [6.07, 6.45) is 5.09. The molecule has 1 aliphatic carbocycles. The third-order valence-electron chi connectivity index (χ3n) is 8.15. The maximum absolute atomic E-state index is 14.2. The normalized spacial score (nSPS) is 14.7. The molecule has 0 aliphatic heterocycles. The van der Waals surface area contributed by atoms with Gasteiger partial charge in [0.25, 0.3) is 10.0 Å². The van der Waals surface area contributed by atoms with Gasteiger partial charge < -0.3 is 10.2 Å². The van der Waals surface area contributed by atoms with Crippen molar-refractivity contribution in [3.05, 3.63) is 94.0 Å². The molecule has 7 nitrogen and oxygen atoms in total. The Bertz CT molecular complexity index is 1520. The van der Waals surface area contributed by atoms with Crippen molar-refractivity contribution >= 4 is 39.1 Å². The number of anilines is 1. The Morgan fingerprint density at radius 3 is 2.26 bits per heavy atom. The standard InChI is InChI=1S/C33H40ClN3O4S/c1-23-17-19-29(20-18-23)42(40,41)37(31-16-10-11-24(2)25(31)3)22-32(38)36(21-27-12-8-9-15-30(27)34)26(4)33(39)35-28-13-6-5-7-14-28/h8-12,15-20,26,28H,5-7,13-14,21-22H2,1-4H3,(H,35,39)/t26-/m0/s1. The largest absolute Gasteiger partial charge is 0.352 e. The van der Waals surface area contributed by atoms with Gasteiger partial charge in [-0.3, -0.25) is 13.9 Å². The fourth-order valence-electron chi connectivity index (χ4n) is 5.32. The third-order valence-corrected chi connectivity index (χ3v) is 10.3. The Hall–Kier alpha value is -3.36. The number of carbonyl (C=O) groups is 2. The second-order valence-corrected chi connectivity index (χ2v) is 13.4. The van der Waals surface area contributed by atoms with Gasteiger partial charge >= 0.3 is 0 Å². The molecule has 1 N–H and O–H groups in total. The molecule has 1 aliphatic rings. The fraction of sp³-hybridized carbons (Fsp3) is 0.394. The molecule has 3 aromatic carbocycles. The zero-order chi connectivity index (χ0) is 30.4. The first kappa shape index (κ1) is 31.6. The van der Waals surface area contributed by atoms with Gasteiger partial charge in [-0.15, -0.1) is 0 Å². The van der Waals surface area contributed by atoms with Crippen LogP contribution in [0.15, 0.2) is 71.6 Å². The predicted octanol–water partition coefficient (Wildman–Crippen LogP) is 6.33. The molecule has 2 amide bonds. The van der Waals surface area contributed by atoms with E-state index in [4.69, 9.17) is 11.6 Å². The molecule has 0 unspecified atom stereocenters. The van der Waals surface area contributed by atoms with E-state index in [1.807, 2.05) is 32.9 Å². The highest BCUT2D eigenvalue weighted by molar-refractivity contribution is 7.92. The maximum Gasteiger partial charge on any atom is 0.264 e. The molecule has 9 heteroatoms. The summed E-state index contributed by atoms with van der Waals surface area (Å²) in [5.41, 5.74) is 3.66. The Labute approximate surface area is 254 Å². The molecule has 0 bridgehead atoms. The Kier molecular flexibility index (Phi) is 10.3. The lowest BCUT2D eigenvalue weighted by atomic mass is 9.95. The zero-order valence-corrected chi connectivity index (χ0v) is 26.3. The highest BCUT2D eigenvalue weighted by Crippen LogP contribution is 2.30. The van der Waals surface area contributed by atoms with Crippen LogP contribution in [0, 0.1) is 20.8 Å². The molecular weight excluding hydrogens is 570 g/mol. The van der Waals surface area contributed by atoms with Crippen molar-refractivity contribution in [2.45, 2.75) is 83.3 Å². The minimum absolute atomic E-state index is 0.0585. The summed E-state index contributed by atoms with van der Waals surface area (Å²) in [6.45, 7) is 6.89. The van der Waals surface area contributed by atoms with Crippen molar-refractivity contribution in [2.24, 2.45) is 0 Å². The van der Waals surface area contributed by atoms with E-state index >= 15 is 0 Å². The summed E-state index contributed by atoms with van der Waals surface area (Å²) < 4.78 is 29.4. The molecule has 1 atom stereocenters. The van der Waals surface area contributed by atoms with Gasteiger partial charge in [0.15, 0.2) is 0 Å². The van der Waals surface area contributed by atoms with Crippen LogP contribution >= 0.6 is 11.6 Å². The van der Waals surface area contributed by atoms with Crippen molar-refractivity contribution in [1.29, 1.82) is 0 Å². The van der Waals surface area contributed by atoms with Gasteiger partial charge in [0.2, 0.25) is 11.8 Å². The molecule has 1 saturated carbocycles. The van der Waals surface area contributed by atoms with E-state index in [0.29, 0.717) is 16.3 Å². The molecule has 0 spiro atoms. The van der Waals surface area contributed by atoms with Crippen LogP contribution in [0.1, 0.15) is 61.3 Å². The lowest BCUT2D eigenvalue weighted by Crippen LogP contribution is -2.53. The Balaban J connectivity index is 1.72. The van der Waals surface area contributed by atoms with Crippen LogP contribution in [0.5, 0.6) is 0 Å². The topological polar surface area (TPSA) is 86.8 Å². The van der Waals surface area contributed by atoms with Crippen LogP contribution in [-0.2, 0) is 26.2 Å². The Morgan fingerprint density at radius 2 is 1.60 bits per heavy atom. The molecule has 1 fully saturated rings. The number of nitrogens with zero attached hydrogens (tertiary/aromatic N) is 2. The molecule has 0 heterocycles. The summed E-state index contributed by atoms with van der Waals surface area (Å²) in [5, 5.41) is 3.59. The second kappa shape index (κ2) is 13.7. The van der Waals surface area contributed by atoms with Crippen LogP contribution in [0.4, 0.5) is 5.69 Å². The van der Waals surface area contributed by atoms with Crippen LogP contribution in [0.2, 0.25) is 5.02 Å². The van der Waals surface area contributed by atoms with Gasteiger partial charge in [-0.2, -0.15) is 0 Å². The summed E-state index contributed by atoms with van der Waals surface area (Å²) in [5.74, 6) is -0.764. The van der Waals surface area contributed by atoms with E-state index in [0.717, 1.165) is 53.1 Å². The molecule has 4 rings (SSSR count). The number of sulfonamides is 1.